The van der Waals surface area contributed by atoms with Gasteiger partial charge in [-0.3, -0.25) is 0 Å². The van der Waals surface area contributed by atoms with Crippen molar-refractivity contribution in [3.05, 3.63) is 27.7 Å². The molecule has 0 aliphatic carbocycles. The van der Waals surface area contributed by atoms with Crippen molar-refractivity contribution in [3.8, 4) is 5.75 Å². The van der Waals surface area contributed by atoms with Crippen molar-refractivity contribution in [2.45, 2.75) is 4.32 Å². The van der Waals surface area contributed by atoms with E-state index in [0.29, 0.717) is 29.0 Å². The molecule has 0 aromatic heterocycles. The van der Waals surface area contributed by atoms with Gasteiger partial charge in [-0.05, 0) is 11.6 Å². The van der Waals surface area contributed by atoms with Crippen LogP contribution in [0.15, 0.2) is 12.1 Å². The van der Waals surface area contributed by atoms with E-state index < -0.39 is 0 Å². The van der Waals surface area contributed by atoms with Gasteiger partial charge >= 0.3 is 0 Å². The minimum Gasteiger partial charge on any atom is -0.495 e. The standard InChI is InChI=1S/C10H9BrCl2O2/c1-14-9-3-7(12)6(2-8(9)13)10(11)4-15-5-10/h2-3H,4-5H2,1H3. The first kappa shape index (κ1) is 11.5. The first-order valence-electron chi connectivity index (χ1n) is 4.37. The molecule has 2 nitrogen and oxygen atoms in total. The van der Waals surface area contributed by atoms with Gasteiger partial charge in [0, 0.05) is 11.1 Å². The van der Waals surface area contributed by atoms with E-state index in [1.165, 1.54) is 0 Å². The Morgan fingerprint density at radius 3 is 2.47 bits per heavy atom. The van der Waals surface area contributed by atoms with Gasteiger partial charge < -0.3 is 9.47 Å². The summed E-state index contributed by atoms with van der Waals surface area (Å²) >= 11 is 15.8. The predicted molar refractivity (Wildman–Crippen MR) is 64.4 cm³/mol. The number of methoxy groups -OCH3 is 1. The summed E-state index contributed by atoms with van der Waals surface area (Å²) in [6.07, 6.45) is 0. The summed E-state index contributed by atoms with van der Waals surface area (Å²) in [6, 6.07) is 3.54. The number of benzene rings is 1. The summed E-state index contributed by atoms with van der Waals surface area (Å²) in [6.45, 7) is 1.21. The minimum atomic E-state index is -0.194. The fraction of sp³-hybridized carbons (Fsp3) is 0.400. The van der Waals surface area contributed by atoms with E-state index in [1.54, 1.807) is 13.2 Å². The summed E-state index contributed by atoms with van der Waals surface area (Å²) in [4.78, 5) is 0. The summed E-state index contributed by atoms with van der Waals surface area (Å²) in [5, 5.41) is 1.19. The minimum absolute atomic E-state index is 0.194. The van der Waals surface area contributed by atoms with Gasteiger partial charge in [0.2, 0.25) is 0 Å². The third kappa shape index (κ3) is 1.98. The zero-order chi connectivity index (χ0) is 11.1. The Balaban J connectivity index is 2.45. The van der Waals surface area contributed by atoms with E-state index in [1.807, 2.05) is 6.07 Å². The Morgan fingerprint density at radius 1 is 1.33 bits per heavy atom. The smallest absolute Gasteiger partial charge is 0.138 e. The zero-order valence-corrected chi connectivity index (χ0v) is 11.1. The molecule has 0 unspecified atom stereocenters. The number of hydrogen-bond acceptors (Lipinski definition) is 2. The van der Waals surface area contributed by atoms with Crippen LogP contribution in [0.25, 0.3) is 0 Å². The molecule has 5 heteroatoms. The van der Waals surface area contributed by atoms with Crippen molar-refractivity contribution >= 4 is 39.1 Å². The summed E-state index contributed by atoms with van der Waals surface area (Å²) < 4.78 is 10.1. The largest absolute Gasteiger partial charge is 0.495 e. The van der Waals surface area contributed by atoms with E-state index in [-0.39, 0.29) is 4.32 Å². The average molecular weight is 312 g/mol. The normalized spacial score (nSPS) is 18.4. The zero-order valence-electron chi connectivity index (χ0n) is 8.02. The Morgan fingerprint density at radius 2 is 2.00 bits per heavy atom. The lowest BCUT2D eigenvalue weighted by Crippen LogP contribution is -2.41. The molecular weight excluding hydrogens is 303 g/mol. The van der Waals surface area contributed by atoms with Crippen LogP contribution < -0.4 is 4.74 Å². The van der Waals surface area contributed by atoms with Gasteiger partial charge in [0.15, 0.2) is 0 Å². The maximum absolute atomic E-state index is 6.15. The monoisotopic (exact) mass is 310 g/mol. The second-order valence-corrected chi connectivity index (χ2v) is 5.76. The van der Waals surface area contributed by atoms with Gasteiger partial charge in [-0.25, -0.2) is 0 Å². The lowest BCUT2D eigenvalue weighted by Gasteiger charge is -2.37. The van der Waals surface area contributed by atoms with Crippen molar-refractivity contribution in [1.29, 1.82) is 0 Å². The van der Waals surface area contributed by atoms with E-state index in [9.17, 15) is 0 Å². The van der Waals surface area contributed by atoms with Crippen LogP contribution in [0.2, 0.25) is 10.0 Å². The molecule has 1 aromatic rings. The first-order valence-corrected chi connectivity index (χ1v) is 5.92. The highest BCUT2D eigenvalue weighted by Gasteiger charge is 2.39. The third-order valence-corrected chi connectivity index (χ3v) is 3.88. The van der Waals surface area contributed by atoms with Crippen LogP contribution in [0.1, 0.15) is 5.56 Å². The molecule has 1 heterocycles. The van der Waals surface area contributed by atoms with Crippen molar-refractivity contribution in [3.63, 3.8) is 0 Å². The quantitative estimate of drug-likeness (QED) is 0.777. The summed E-state index contributed by atoms with van der Waals surface area (Å²) in [5.41, 5.74) is 0.946. The van der Waals surface area contributed by atoms with Crippen LogP contribution >= 0.6 is 39.1 Å². The second kappa shape index (κ2) is 4.13. The molecular formula is C10H9BrCl2O2. The van der Waals surface area contributed by atoms with E-state index in [4.69, 9.17) is 32.7 Å². The van der Waals surface area contributed by atoms with Crippen LogP contribution in [-0.4, -0.2) is 20.3 Å². The van der Waals surface area contributed by atoms with E-state index in [2.05, 4.69) is 15.9 Å². The molecule has 0 spiro atoms. The molecule has 0 amide bonds. The van der Waals surface area contributed by atoms with Crippen molar-refractivity contribution in [1.82, 2.24) is 0 Å². The highest BCUT2D eigenvalue weighted by molar-refractivity contribution is 9.09. The highest BCUT2D eigenvalue weighted by Crippen LogP contribution is 2.44. The van der Waals surface area contributed by atoms with Gasteiger partial charge in [0.05, 0.1) is 29.7 Å². The Bertz CT molecular complexity index is 391. The topological polar surface area (TPSA) is 18.5 Å². The number of alkyl halides is 1. The van der Waals surface area contributed by atoms with Gasteiger partial charge in [0.1, 0.15) is 5.75 Å². The van der Waals surface area contributed by atoms with Crippen LogP contribution in [0, 0.1) is 0 Å². The maximum atomic E-state index is 6.15. The van der Waals surface area contributed by atoms with Crippen molar-refractivity contribution in [2.75, 3.05) is 20.3 Å². The molecule has 2 rings (SSSR count). The lowest BCUT2D eigenvalue weighted by atomic mass is 9.97. The molecule has 1 aliphatic heterocycles. The highest BCUT2D eigenvalue weighted by atomic mass is 79.9. The Hall–Kier alpha value is 0.0400. The molecule has 0 N–H and O–H groups in total. The predicted octanol–water partition coefficient (Wildman–Crippen LogP) is 3.62. The SMILES string of the molecule is COc1cc(Cl)c(C2(Br)COC2)cc1Cl. The first-order chi connectivity index (χ1) is 7.07. The Kier molecular flexibility index (Phi) is 3.17. The Labute approximate surface area is 107 Å². The van der Waals surface area contributed by atoms with E-state index in [0.717, 1.165) is 5.56 Å². The van der Waals surface area contributed by atoms with Crippen molar-refractivity contribution < 1.29 is 9.47 Å². The van der Waals surface area contributed by atoms with Crippen LogP contribution in [-0.2, 0) is 9.06 Å². The molecule has 1 fully saturated rings. The third-order valence-electron chi connectivity index (χ3n) is 2.39. The molecule has 1 aliphatic rings. The van der Waals surface area contributed by atoms with Crippen LogP contribution in [0.3, 0.4) is 0 Å². The number of rotatable bonds is 2. The van der Waals surface area contributed by atoms with Gasteiger partial charge in [0.25, 0.3) is 0 Å². The second-order valence-electron chi connectivity index (χ2n) is 3.42. The van der Waals surface area contributed by atoms with Crippen molar-refractivity contribution in [2.24, 2.45) is 0 Å². The molecule has 0 saturated carbocycles. The van der Waals surface area contributed by atoms with Crippen LogP contribution in [0.5, 0.6) is 5.75 Å². The fourth-order valence-electron chi connectivity index (χ4n) is 1.47. The fourth-order valence-corrected chi connectivity index (χ4v) is 2.81. The molecule has 1 saturated heterocycles. The molecule has 0 atom stereocenters. The maximum Gasteiger partial charge on any atom is 0.138 e. The van der Waals surface area contributed by atoms with E-state index >= 15 is 0 Å². The number of halogens is 3. The molecule has 82 valence electrons. The van der Waals surface area contributed by atoms with Gasteiger partial charge in [-0.1, -0.05) is 39.1 Å². The summed E-state index contributed by atoms with van der Waals surface area (Å²) in [5.74, 6) is 0.585. The van der Waals surface area contributed by atoms with Gasteiger partial charge in [-0.15, -0.1) is 0 Å². The lowest BCUT2D eigenvalue weighted by molar-refractivity contribution is -0.00695. The molecule has 15 heavy (non-hydrogen) atoms. The van der Waals surface area contributed by atoms with Crippen LogP contribution in [0.4, 0.5) is 0 Å². The molecule has 1 aromatic carbocycles. The summed E-state index contributed by atoms with van der Waals surface area (Å²) in [7, 11) is 1.56. The molecule has 0 radical (unpaired) electrons. The number of hydrogen-bond donors (Lipinski definition) is 0. The number of ether oxygens (including phenoxy) is 2. The average Bonchev–Trinajstić information content (AvgIpc) is 2.17. The van der Waals surface area contributed by atoms with Gasteiger partial charge in [-0.2, -0.15) is 0 Å². The molecule has 0 bridgehead atoms.